The molecule has 0 spiro atoms. The molecule has 0 radical (unpaired) electrons. The Hall–Kier alpha value is -2.12. The van der Waals surface area contributed by atoms with Crippen LogP contribution in [0.5, 0.6) is 0 Å². The molecule has 2 amide bonds. The molecule has 2 aromatic rings. The Balaban J connectivity index is 1.72. The normalized spacial score (nSPS) is 12.0. The summed E-state index contributed by atoms with van der Waals surface area (Å²) in [5.41, 5.74) is 0.348. The van der Waals surface area contributed by atoms with Gasteiger partial charge in [0.1, 0.15) is 5.82 Å². The smallest absolute Gasteiger partial charge is 0.314 e. The number of carbonyl (C=O) groups excluding carboxylic acids is 1. The van der Waals surface area contributed by atoms with Gasteiger partial charge in [0.05, 0.1) is 17.5 Å². The minimum Gasteiger partial charge on any atom is -0.387 e. The molecule has 1 unspecified atom stereocenters. The number of hydrogen-bond donors (Lipinski definition) is 3. The van der Waals surface area contributed by atoms with Gasteiger partial charge in [-0.2, -0.15) is 0 Å². The molecule has 0 bridgehead atoms. The summed E-state index contributed by atoms with van der Waals surface area (Å²) in [6, 6.07) is 3.61. The summed E-state index contributed by atoms with van der Waals surface area (Å²) in [5.74, 6) is -0.608. The number of aromatic nitrogens is 2. The lowest BCUT2D eigenvalue weighted by molar-refractivity contribution is 0.172. The average molecular weight is 327 g/mol. The van der Waals surface area contributed by atoms with Crippen LogP contribution in [0.1, 0.15) is 11.7 Å². The van der Waals surface area contributed by atoms with Crippen molar-refractivity contribution in [1.82, 2.24) is 20.2 Å². The van der Waals surface area contributed by atoms with Gasteiger partial charge in [-0.3, -0.25) is 0 Å². The Bertz CT molecular complexity index is 621. The SMILES string of the molecule is O=C(NCCn1ccnc1)NCC(O)c1ccc(Cl)c(F)c1. The maximum Gasteiger partial charge on any atom is 0.314 e. The van der Waals surface area contributed by atoms with Crippen molar-refractivity contribution >= 4 is 17.6 Å². The number of amides is 2. The van der Waals surface area contributed by atoms with Gasteiger partial charge in [-0.05, 0) is 17.7 Å². The van der Waals surface area contributed by atoms with E-state index in [9.17, 15) is 14.3 Å². The summed E-state index contributed by atoms with van der Waals surface area (Å²) in [4.78, 5) is 15.5. The van der Waals surface area contributed by atoms with Gasteiger partial charge in [-0.25, -0.2) is 14.2 Å². The molecule has 1 aromatic heterocycles. The minimum atomic E-state index is -1.01. The van der Waals surface area contributed by atoms with Crippen LogP contribution >= 0.6 is 11.6 Å². The Morgan fingerprint density at radius 1 is 1.45 bits per heavy atom. The van der Waals surface area contributed by atoms with Crippen LogP contribution < -0.4 is 10.6 Å². The fraction of sp³-hybridized carbons (Fsp3) is 0.286. The zero-order chi connectivity index (χ0) is 15.9. The number of rotatable bonds is 6. The second-order valence-corrected chi connectivity index (χ2v) is 5.03. The van der Waals surface area contributed by atoms with Crippen LogP contribution in [0.15, 0.2) is 36.9 Å². The first-order valence-electron chi connectivity index (χ1n) is 6.66. The number of nitrogens with zero attached hydrogens (tertiary/aromatic N) is 2. The molecule has 2 rings (SSSR count). The molecule has 0 fully saturated rings. The number of aliphatic hydroxyl groups is 1. The van der Waals surface area contributed by atoms with Crippen LogP contribution in [0, 0.1) is 5.82 Å². The summed E-state index contributed by atoms with van der Waals surface area (Å²) < 4.78 is 15.1. The van der Waals surface area contributed by atoms with Gasteiger partial charge in [-0.15, -0.1) is 0 Å². The topological polar surface area (TPSA) is 79.2 Å². The van der Waals surface area contributed by atoms with Gasteiger partial charge < -0.3 is 20.3 Å². The number of nitrogens with one attached hydrogen (secondary N) is 2. The second kappa shape index (κ2) is 7.77. The average Bonchev–Trinajstić information content (AvgIpc) is 3.01. The molecular formula is C14H16ClFN4O2. The molecule has 22 heavy (non-hydrogen) atoms. The van der Waals surface area contributed by atoms with Gasteiger partial charge in [0.15, 0.2) is 0 Å². The van der Waals surface area contributed by atoms with E-state index in [2.05, 4.69) is 15.6 Å². The monoisotopic (exact) mass is 326 g/mol. The molecule has 1 atom stereocenters. The van der Waals surface area contributed by atoms with E-state index in [4.69, 9.17) is 11.6 Å². The molecule has 8 heteroatoms. The molecule has 3 N–H and O–H groups in total. The quantitative estimate of drug-likeness (QED) is 0.756. The maximum absolute atomic E-state index is 13.3. The first-order chi connectivity index (χ1) is 10.6. The van der Waals surface area contributed by atoms with Crippen molar-refractivity contribution < 1.29 is 14.3 Å². The van der Waals surface area contributed by atoms with E-state index in [0.29, 0.717) is 18.7 Å². The van der Waals surface area contributed by atoms with E-state index in [1.807, 2.05) is 4.57 Å². The number of urea groups is 1. The summed E-state index contributed by atoms with van der Waals surface area (Å²) in [6.07, 6.45) is 4.09. The third-order valence-electron chi connectivity index (χ3n) is 3.00. The van der Waals surface area contributed by atoms with Crippen LogP contribution in [-0.4, -0.2) is 33.8 Å². The number of imidazole rings is 1. The third kappa shape index (κ3) is 4.71. The van der Waals surface area contributed by atoms with E-state index >= 15 is 0 Å². The van der Waals surface area contributed by atoms with Crippen LogP contribution in [0.2, 0.25) is 5.02 Å². The van der Waals surface area contributed by atoms with Gasteiger partial charge >= 0.3 is 6.03 Å². The van der Waals surface area contributed by atoms with E-state index in [1.165, 1.54) is 12.1 Å². The first kappa shape index (κ1) is 16.3. The number of halogens is 2. The molecule has 1 aromatic carbocycles. The minimum absolute atomic E-state index is 0.0128. The Morgan fingerprint density at radius 2 is 2.27 bits per heavy atom. The Morgan fingerprint density at radius 3 is 2.95 bits per heavy atom. The molecule has 0 saturated carbocycles. The fourth-order valence-electron chi connectivity index (χ4n) is 1.81. The Labute approximate surface area is 131 Å². The van der Waals surface area contributed by atoms with Crippen molar-refractivity contribution in [3.05, 3.63) is 53.3 Å². The summed E-state index contributed by atoms with van der Waals surface area (Å²) in [6.45, 7) is 0.990. The summed E-state index contributed by atoms with van der Waals surface area (Å²) in [7, 11) is 0. The highest BCUT2D eigenvalue weighted by atomic mass is 35.5. The van der Waals surface area contributed by atoms with Crippen LogP contribution in [-0.2, 0) is 6.54 Å². The van der Waals surface area contributed by atoms with E-state index in [-0.39, 0.29) is 11.6 Å². The third-order valence-corrected chi connectivity index (χ3v) is 3.31. The predicted octanol–water partition coefficient (Wildman–Crippen LogP) is 1.71. The van der Waals surface area contributed by atoms with Crippen molar-refractivity contribution in [2.45, 2.75) is 12.6 Å². The largest absolute Gasteiger partial charge is 0.387 e. The first-order valence-corrected chi connectivity index (χ1v) is 7.04. The van der Waals surface area contributed by atoms with Gasteiger partial charge in [-0.1, -0.05) is 17.7 Å². The zero-order valence-corrected chi connectivity index (χ0v) is 12.4. The lowest BCUT2D eigenvalue weighted by Gasteiger charge is -2.13. The van der Waals surface area contributed by atoms with E-state index < -0.39 is 18.0 Å². The second-order valence-electron chi connectivity index (χ2n) is 4.63. The lowest BCUT2D eigenvalue weighted by atomic mass is 10.1. The molecule has 0 saturated heterocycles. The van der Waals surface area contributed by atoms with Crippen molar-refractivity contribution in [3.8, 4) is 0 Å². The number of carbonyl (C=O) groups is 1. The van der Waals surface area contributed by atoms with Gasteiger partial charge in [0.25, 0.3) is 0 Å². The summed E-state index contributed by atoms with van der Waals surface area (Å²) in [5, 5.41) is 15.0. The van der Waals surface area contributed by atoms with E-state index in [0.717, 1.165) is 6.07 Å². The highest BCUT2D eigenvalue weighted by Crippen LogP contribution is 2.19. The summed E-state index contributed by atoms with van der Waals surface area (Å²) >= 11 is 5.57. The van der Waals surface area contributed by atoms with Crippen molar-refractivity contribution in [2.75, 3.05) is 13.1 Å². The maximum atomic E-state index is 13.3. The van der Waals surface area contributed by atoms with Crippen LogP contribution in [0.25, 0.3) is 0 Å². The standard InChI is InChI=1S/C14H16ClFN4O2/c15-11-2-1-10(7-12(11)16)13(21)8-19-14(22)18-4-6-20-5-3-17-9-20/h1-3,5,7,9,13,21H,4,6,8H2,(H2,18,19,22). The Kier molecular flexibility index (Phi) is 5.74. The number of hydrogen-bond acceptors (Lipinski definition) is 3. The molecule has 118 valence electrons. The number of benzene rings is 1. The van der Waals surface area contributed by atoms with Gasteiger partial charge in [0, 0.05) is 32.0 Å². The molecular weight excluding hydrogens is 311 g/mol. The molecule has 1 heterocycles. The lowest BCUT2D eigenvalue weighted by Crippen LogP contribution is -2.39. The van der Waals surface area contributed by atoms with Crippen molar-refractivity contribution in [3.63, 3.8) is 0 Å². The van der Waals surface area contributed by atoms with Crippen LogP contribution in [0.3, 0.4) is 0 Å². The van der Waals surface area contributed by atoms with Gasteiger partial charge in [0.2, 0.25) is 0 Å². The van der Waals surface area contributed by atoms with Crippen molar-refractivity contribution in [1.29, 1.82) is 0 Å². The molecule has 0 aliphatic rings. The zero-order valence-electron chi connectivity index (χ0n) is 11.7. The fourth-order valence-corrected chi connectivity index (χ4v) is 1.92. The molecule has 0 aliphatic carbocycles. The van der Waals surface area contributed by atoms with Crippen molar-refractivity contribution in [2.24, 2.45) is 0 Å². The molecule has 0 aliphatic heterocycles. The molecule has 6 nitrogen and oxygen atoms in total. The predicted molar refractivity (Wildman–Crippen MR) is 80.0 cm³/mol. The van der Waals surface area contributed by atoms with E-state index in [1.54, 1.807) is 18.7 Å². The highest BCUT2D eigenvalue weighted by Gasteiger charge is 2.11. The highest BCUT2D eigenvalue weighted by molar-refractivity contribution is 6.30. The van der Waals surface area contributed by atoms with Crippen LogP contribution in [0.4, 0.5) is 9.18 Å². The number of aliphatic hydroxyl groups excluding tert-OH is 1.